The monoisotopic (exact) mass is 652 g/mol. The third-order valence-corrected chi connectivity index (χ3v) is 7.45. The van der Waals surface area contributed by atoms with Crippen molar-refractivity contribution in [3.8, 4) is 23.0 Å². The van der Waals surface area contributed by atoms with Gasteiger partial charge >= 0.3 is 11.9 Å². The van der Waals surface area contributed by atoms with E-state index in [2.05, 4.69) is 0 Å². The Hall–Kier alpha value is -4.00. The van der Waals surface area contributed by atoms with Crippen molar-refractivity contribution in [3.05, 3.63) is 53.6 Å². The van der Waals surface area contributed by atoms with E-state index in [9.17, 15) is 55.5 Å². The summed E-state index contributed by atoms with van der Waals surface area (Å²) in [6.45, 7) is 0.741. The Morgan fingerprint density at radius 1 is 0.783 bits per heavy atom. The van der Waals surface area contributed by atoms with E-state index in [0.29, 0.717) is 11.1 Å². The van der Waals surface area contributed by atoms with Gasteiger partial charge in [0.1, 0.15) is 49.3 Å². The molecule has 2 aromatic carbocycles. The maximum atomic E-state index is 12.7. The minimum Gasteiger partial charge on any atom is -0.504 e. The smallest absolute Gasteiger partial charge is 0.330 e. The molecule has 4 rings (SSSR count). The summed E-state index contributed by atoms with van der Waals surface area (Å²) in [5.41, 5.74) is 0.826. The van der Waals surface area contributed by atoms with Crippen molar-refractivity contribution in [2.45, 2.75) is 81.2 Å². The van der Waals surface area contributed by atoms with Crippen LogP contribution in [0.25, 0.3) is 6.08 Å². The molecule has 16 heteroatoms. The van der Waals surface area contributed by atoms with Gasteiger partial charge in [-0.05, 0) is 54.8 Å². The molecule has 2 aliphatic heterocycles. The van der Waals surface area contributed by atoms with Crippen LogP contribution in [0.1, 0.15) is 24.5 Å². The van der Waals surface area contributed by atoms with E-state index in [1.165, 1.54) is 49.4 Å². The molecule has 0 radical (unpaired) electrons. The van der Waals surface area contributed by atoms with E-state index in [0.717, 1.165) is 6.08 Å². The number of carbonyl (C=O) groups excluding carboxylic acids is 2. The predicted octanol–water partition coefficient (Wildman–Crippen LogP) is -1.10. The Bertz CT molecular complexity index is 1400. The Balaban J connectivity index is 1.45. The number of benzene rings is 2. The first-order valence-corrected chi connectivity index (χ1v) is 14.2. The van der Waals surface area contributed by atoms with E-state index in [1.54, 1.807) is 0 Å². The molecule has 0 spiro atoms. The number of rotatable bonds is 10. The van der Waals surface area contributed by atoms with Crippen molar-refractivity contribution >= 4 is 18.0 Å². The molecule has 9 N–H and O–H groups in total. The standard InChI is InChI=1S/C30H36O16/c1-13-23(37)25(39)26(40)29(43-13)46-28-24(38)20(12-42-21(35)8-4-14-2-6-16(31)18(33)10-14)44-30(27(28)41)45-22(36)9-5-15-3-7-17(32)19(34)11-15/h2-4,6-8,10-11,13,20,23-34,37-41H,5,9,12H2,1H3. The third-order valence-electron chi connectivity index (χ3n) is 7.45. The highest BCUT2D eigenvalue weighted by Gasteiger charge is 2.51. The summed E-state index contributed by atoms with van der Waals surface area (Å²) in [5, 5.41) is 90.7. The highest BCUT2D eigenvalue weighted by atomic mass is 16.7. The summed E-state index contributed by atoms with van der Waals surface area (Å²) in [6.07, 6.45) is -14.2. The van der Waals surface area contributed by atoms with Gasteiger partial charge in [0.25, 0.3) is 0 Å². The van der Waals surface area contributed by atoms with Gasteiger partial charge in [0.15, 0.2) is 29.3 Å². The molecule has 0 aliphatic carbocycles. The molecule has 0 bridgehead atoms. The third kappa shape index (κ3) is 8.42. The van der Waals surface area contributed by atoms with Crippen molar-refractivity contribution in [3.63, 3.8) is 0 Å². The fourth-order valence-corrected chi connectivity index (χ4v) is 4.76. The average molecular weight is 653 g/mol. The Labute approximate surface area is 261 Å². The Morgan fingerprint density at radius 3 is 2.13 bits per heavy atom. The van der Waals surface area contributed by atoms with Crippen molar-refractivity contribution in [1.29, 1.82) is 0 Å². The number of aromatic hydroxyl groups is 4. The topological polar surface area (TPSA) is 262 Å². The number of phenols is 4. The fourth-order valence-electron chi connectivity index (χ4n) is 4.76. The van der Waals surface area contributed by atoms with Crippen molar-refractivity contribution < 1.29 is 79.2 Å². The van der Waals surface area contributed by atoms with E-state index in [-0.39, 0.29) is 24.3 Å². The summed E-state index contributed by atoms with van der Waals surface area (Å²) >= 11 is 0. The first-order valence-electron chi connectivity index (χ1n) is 14.2. The van der Waals surface area contributed by atoms with Crippen molar-refractivity contribution in [1.82, 2.24) is 0 Å². The number of aryl methyl sites for hydroxylation is 1. The van der Waals surface area contributed by atoms with Gasteiger partial charge in [0.2, 0.25) is 6.29 Å². The first-order chi connectivity index (χ1) is 21.7. The molecule has 10 unspecified atom stereocenters. The minimum absolute atomic E-state index is 0.0600. The second-order valence-corrected chi connectivity index (χ2v) is 10.8. The van der Waals surface area contributed by atoms with Gasteiger partial charge < -0.3 is 69.6 Å². The van der Waals surface area contributed by atoms with Crippen molar-refractivity contribution in [2.24, 2.45) is 0 Å². The van der Waals surface area contributed by atoms with Gasteiger partial charge in [0, 0.05) is 12.5 Å². The van der Waals surface area contributed by atoms with Crippen molar-refractivity contribution in [2.75, 3.05) is 6.61 Å². The van der Waals surface area contributed by atoms with Crippen LogP contribution in [-0.2, 0) is 39.7 Å². The summed E-state index contributed by atoms with van der Waals surface area (Å²) in [6, 6.07) is 7.78. The summed E-state index contributed by atoms with van der Waals surface area (Å²) < 4.78 is 27.0. The lowest BCUT2D eigenvalue weighted by Gasteiger charge is -2.45. The molecule has 46 heavy (non-hydrogen) atoms. The highest BCUT2D eigenvalue weighted by Crippen LogP contribution is 2.31. The Morgan fingerprint density at radius 2 is 1.46 bits per heavy atom. The molecule has 2 fully saturated rings. The van der Waals surface area contributed by atoms with Crippen LogP contribution >= 0.6 is 0 Å². The summed E-state index contributed by atoms with van der Waals surface area (Å²) in [4.78, 5) is 25.1. The van der Waals surface area contributed by atoms with Crippen LogP contribution in [0.2, 0.25) is 0 Å². The highest BCUT2D eigenvalue weighted by molar-refractivity contribution is 5.87. The van der Waals surface area contributed by atoms with Gasteiger partial charge in [-0.3, -0.25) is 4.79 Å². The number of ether oxygens (including phenoxy) is 5. The van der Waals surface area contributed by atoms with Crippen LogP contribution in [-0.4, -0.2) is 126 Å². The van der Waals surface area contributed by atoms with Crippen LogP contribution in [0, 0.1) is 0 Å². The van der Waals surface area contributed by atoms with Gasteiger partial charge in [-0.15, -0.1) is 0 Å². The minimum atomic E-state index is -1.89. The quantitative estimate of drug-likeness (QED) is 0.0838. The summed E-state index contributed by atoms with van der Waals surface area (Å²) in [5.74, 6) is -3.32. The number of carbonyl (C=O) groups is 2. The zero-order chi connectivity index (χ0) is 33.7. The SMILES string of the molecule is CC1OC(OC2C(O)C(COC(=O)C=Cc3ccc(O)c(O)c3)OC(OC(=O)CCc3ccc(O)c(O)c3)C2O)C(O)C(O)C1O. The zero-order valence-electron chi connectivity index (χ0n) is 24.4. The second kappa shape index (κ2) is 15.1. The molecule has 10 atom stereocenters. The van der Waals surface area contributed by atoms with Gasteiger partial charge in [-0.1, -0.05) is 12.1 Å². The molecule has 2 aromatic rings. The zero-order valence-corrected chi connectivity index (χ0v) is 24.4. The summed E-state index contributed by atoms with van der Waals surface area (Å²) in [7, 11) is 0. The van der Waals surface area contributed by atoms with E-state index in [1.807, 2.05) is 0 Å². The van der Waals surface area contributed by atoms with Crippen LogP contribution in [0.5, 0.6) is 23.0 Å². The molecular weight excluding hydrogens is 616 g/mol. The lowest BCUT2D eigenvalue weighted by atomic mass is 9.97. The maximum absolute atomic E-state index is 12.7. The number of hydrogen-bond acceptors (Lipinski definition) is 16. The average Bonchev–Trinajstić information content (AvgIpc) is 3.02. The van der Waals surface area contributed by atoms with Gasteiger partial charge in [-0.2, -0.15) is 0 Å². The predicted molar refractivity (Wildman–Crippen MR) is 152 cm³/mol. The normalized spacial score (nSPS) is 31.4. The lowest BCUT2D eigenvalue weighted by molar-refractivity contribution is -0.353. The van der Waals surface area contributed by atoms with Crippen LogP contribution in [0.4, 0.5) is 0 Å². The number of esters is 2. The molecule has 2 heterocycles. The number of hydrogen-bond donors (Lipinski definition) is 9. The molecule has 2 aliphatic rings. The lowest BCUT2D eigenvalue weighted by Crippen LogP contribution is -2.64. The van der Waals surface area contributed by atoms with Gasteiger partial charge in [-0.25, -0.2) is 4.79 Å². The Kier molecular flexibility index (Phi) is 11.4. The van der Waals surface area contributed by atoms with E-state index >= 15 is 0 Å². The maximum Gasteiger partial charge on any atom is 0.330 e. The molecule has 2 saturated heterocycles. The molecular formula is C30H36O16. The molecule has 0 amide bonds. The molecule has 0 aromatic heterocycles. The number of aliphatic hydroxyl groups is 5. The largest absolute Gasteiger partial charge is 0.504 e. The first kappa shape index (κ1) is 34.9. The molecule has 252 valence electrons. The van der Waals surface area contributed by atoms with Crippen LogP contribution in [0.3, 0.4) is 0 Å². The van der Waals surface area contributed by atoms with Gasteiger partial charge in [0.05, 0.1) is 6.10 Å². The van der Waals surface area contributed by atoms with Crippen LogP contribution in [0.15, 0.2) is 42.5 Å². The number of aliphatic hydroxyl groups excluding tert-OH is 5. The van der Waals surface area contributed by atoms with E-state index in [4.69, 9.17) is 23.7 Å². The molecule has 16 nitrogen and oxygen atoms in total. The van der Waals surface area contributed by atoms with Crippen LogP contribution < -0.4 is 0 Å². The fraction of sp³-hybridized carbons (Fsp3) is 0.467. The molecule has 0 saturated carbocycles. The number of phenolic OH excluding ortho intramolecular Hbond substituents is 4. The van der Waals surface area contributed by atoms with E-state index < -0.39 is 91.5 Å². The second-order valence-electron chi connectivity index (χ2n) is 10.8.